The average Bonchev–Trinajstić information content (AvgIpc) is 2.89. The highest BCUT2D eigenvalue weighted by Crippen LogP contribution is 2.28. The highest BCUT2D eigenvalue weighted by molar-refractivity contribution is 5.67. The second-order valence-electron chi connectivity index (χ2n) is 8.25. The number of nitrogens with two attached hydrogens (primary N) is 1. The summed E-state index contributed by atoms with van der Waals surface area (Å²) in [6, 6.07) is 11.1. The molecule has 1 atom stereocenters. The Hall–Kier alpha value is -3.12. The van der Waals surface area contributed by atoms with E-state index in [0.29, 0.717) is 5.56 Å². The lowest BCUT2D eigenvalue weighted by Gasteiger charge is -2.24. The fraction of sp³-hybridized carbons (Fsp3) is 0.517. The molecule has 7 nitrogen and oxygen atoms in total. The number of benzene rings is 1. The molecule has 5 N–H and O–H groups in total. The van der Waals surface area contributed by atoms with Gasteiger partial charge in [0.2, 0.25) is 5.60 Å². The van der Waals surface area contributed by atoms with Crippen LogP contribution < -0.4 is 21.7 Å². The van der Waals surface area contributed by atoms with Gasteiger partial charge < -0.3 is 26.4 Å². The van der Waals surface area contributed by atoms with Crippen LogP contribution in [0.4, 0.5) is 0 Å². The van der Waals surface area contributed by atoms with Gasteiger partial charge in [-0.1, -0.05) is 54.0 Å². The smallest absolute Gasteiger partial charge is 0.304 e. The Morgan fingerprint density at radius 3 is 2.11 bits per heavy atom. The van der Waals surface area contributed by atoms with Crippen LogP contribution in [-0.4, -0.2) is 51.8 Å². The van der Waals surface area contributed by atoms with Crippen molar-refractivity contribution in [2.24, 2.45) is 5.73 Å². The van der Waals surface area contributed by atoms with Crippen molar-refractivity contribution in [2.45, 2.75) is 51.0 Å². The largest absolute Gasteiger partial charge is 0.438 e. The first kappa shape index (κ1) is 30.9. The number of allylic oxidation sites excluding steroid dienone is 2. The SMILES string of the molecule is CC(=O)OC(C#N)(CC#C/C=C/C#CCCNCCCNCCCCNCCCN)c1ccccc1. The normalized spacial score (nSPS) is 12.0. The second kappa shape index (κ2) is 21.2. The van der Waals surface area contributed by atoms with Gasteiger partial charge in [0.15, 0.2) is 0 Å². The first-order valence-electron chi connectivity index (χ1n) is 12.7. The third kappa shape index (κ3) is 15.0. The molecule has 1 rings (SSSR count). The predicted octanol–water partition coefficient (Wildman–Crippen LogP) is 2.60. The van der Waals surface area contributed by atoms with E-state index >= 15 is 0 Å². The van der Waals surface area contributed by atoms with Crippen molar-refractivity contribution in [1.82, 2.24) is 16.0 Å². The molecule has 194 valence electrons. The summed E-state index contributed by atoms with van der Waals surface area (Å²) in [5, 5.41) is 20.0. The van der Waals surface area contributed by atoms with E-state index in [1.54, 1.807) is 36.4 Å². The summed E-state index contributed by atoms with van der Waals surface area (Å²) < 4.78 is 5.35. The average molecular weight is 492 g/mol. The molecule has 0 heterocycles. The van der Waals surface area contributed by atoms with Crippen molar-refractivity contribution in [3.05, 3.63) is 48.0 Å². The molecule has 0 fully saturated rings. The van der Waals surface area contributed by atoms with Crippen molar-refractivity contribution in [3.63, 3.8) is 0 Å². The highest BCUT2D eigenvalue weighted by atomic mass is 16.6. The maximum atomic E-state index is 11.5. The number of nitriles is 1. The van der Waals surface area contributed by atoms with Gasteiger partial charge in [-0.25, -0.2) is 0 Å². The zero-order valence-corrected chi connectivity index (χ0v) is 21.6. The van der Waals surface area contributed by atoms with E-state index in [2.05, 4.69) is 45.7 Å². The van der Waals surface area contributed by atoms with E-state index in [1.165, 1.54) is 19.8 Å². The lowest BCUT2D eigenvalue weighted by atomic mass is 9.92. The molecular formula is C29H41N5O2. The third-order valence-electron chi connectivity index (χ3n) is 5.18. The Bertz CT molecular complexity index is 918. The molecule has 1 aromatic carbocycles. The summed E-state index contributed by atoms with van der Waals surface area (Å²) in [6.07, 6.45) is 8.69. The van der Waals surface area contributed by atoms with Crippen LogP contribution >= 0.6 is 0 Å². The lowest BCUT2D eigenvalue weighted by molar-refractivity contribution is -0.152. The molecule has 0 aromatic heterocycles. The van der Waals surface area contributed by atoms with E-state index < -0.39 is 11.6 Å². The minimum absolute atomic E-state index is 0.0794. The van der Waals surface area contributed by atoms with Gasteiger partial charge in [0.25, 0.3) is 0 Å². The molecule has 0 aliphatic heterocycles. The zero-order valence-electron chi connectivity index (χ0n) is 21.6. The molecule has 0 aliphatic rings. The fourth-order valence-corrected chi connectivity index (χ4v) is 3.32. The van der Waals surface area contributed by atoms with Crippen LogP contribution in [0, 0.1) is 35.0 Å². The highest BCUT2D eigenvalue weighted by Gasteiger charge is 2.35. The van der Waals surface area contributed by atoms with Crippen LogP contribution in [0.3, 0.4) is 0 Å². The number of ether oxygens (including phenoxy) is 1. The fourth-order valence-electron chi connectivity index (χ4n) is 3.32. The zero-order chi connectivity index (χ0) is 26.2. The quantitative estimate of drug-likeness (QED) is 0.151. The summed E-state index contributed by atoms with van der Waals surface area (Å²) in [5.74, 6) is 11.3. The Balaban J connectivity index is 2.15. The molecule has 0 spiro atoms. The molecule has 36 heavy (non-hydrogen) atoms. The topological polar surface area (TPSA) is 112 Å². The van der Waals surface area contributed by atoms with E-state index in [9.17, 15) is 10.1 Å². The van der Waals surface area contributed by atoms with Crippen LogP contribution in [-0.2, 0) is 15.1 Å². The number of esters is 1. The molecule has 1 unspecified atom stereocenters. The summed E-state index contributed by atoms with van der Waals surface area (Å²) in [6.45, 7) is 8.04. The van der Waals surface area contributed by atoms with E-state index in [-0.39, 0.29) is 6.42 Å². The van der Waals surface area contributed by atoms with Crippen LogP contribution in [0.1, 0.15) is 51.0 Å². The Labute approximate surface area is 217 Å². The number of carbonyl (C=O) groups excluding carboxylic acids is 1. The Morgan fingerprint density at radius 2 is 1.50 bits per heavy atom. The van der Waals surface area contributed by atoms with Crippen molar-refractivity contribution in [1.29, 1.82) is 5.26 Å². The van der Waals surface area contributed by atoms with Gasteiger partial charge in [-0.15, -0.1) is 0 Å². The number of carbonyl (C=O) groups is 1. The molecule has 0 saturated heterocycles. The number of hydrogen-bond acceptors (Lipinski definition) is 7. The monoisotopic (exact) mass is 491 g/mol. The number of rotatable bonds is 17. The summed E-state index contributed by atoms with van der Waals surface area (Å²) >= 11 is 0. The van der Waals surface area contributed by atoms with Crippen LogP contribution in [0.5, 0.6) is 0 Å². The number of nitrogens with one attached hydrogen (secondary N) is 3. The maximum Gasteiger partial charge on any atom is 0.304 e. The Morgan fingerprint density at radius 1 is 0.917 bits per heavy atom. The van der Waals surface area contributed by atoms with Gasteiger partial charge in [0, 0.05) is 25.5 Å². The molecule has 0 amide bonds. The van der Waals surface area contributed by atoms with Gasteiger partial charge >= 0.3 is 5.97 Å². The van der Waals surface area contributed by atoms with Crippen molar-refractivity contribution in [3.8, 4) is 29.8 Å². The standard InChI is InChI=1S/C29H41N5O2/c1-27(35)36-29(26-31,28-16-8-7-9-17-28)18-10-5-3-2-4-6-11-20-33-24-15-25-34-22-13-12-21-32-23-14-19-30/h2-3,7-9,16-17,32-34H,11-15,18-25,30H2,1H3/b3-2+. The van der Waals surface area contributed by atoms with E-state index in [4.69, 9.17) is 10.5 Å². The number of nitrogens with zero attached hydrogens (tertiary/aromatic N) is 1. The molecule has 0 aliphatic carbocycles. The predicted molar refractivity (Wildman–Crippen MR) is 146 cm³/mol. The number of unbranched alkanes of at least 4 members (excludes halogenated alkanes) is 1. The van der Waals surface area contributed by atoms with E-state index in [0.717, 1.165) is 65.1 Å². The van der Waals surface area contributed by atoms with Gasteiger partial charge in [0.05, 0.1) is 6.42 Å². The molecule has 0 saturated carbocycles. The van der Waals surface area contributed by atoms with Gasteiger partial charge in [-0.3, -0.25) is 4.79 Å². The first-order valence-corrected chi connectivity index (χ1v) is 12.7. The lowest BCUT2D eigenvalue weighted by Crippen LogP contribution is -2.29. The van der Waals surface area contributed by atoms with Crippen molar-refractivity contribution < 1.29 is 9.53 Å². The second-order valence-corrected chi connectivity index (χ2v) is 8.25. The molecule has 7 heteroatoms. The van der Waals surface area contributed by atoms with Crippen molar-refractivity contribution >= 4 is 5.97 Å². The minimum atomic E-state index is -1.41. The maximum absolute atomic E-state index is 11.5. The molecule has 0 radical (unpaired) electrons. The van der Waals surface area contributed by atoms with Crippen LogP contribution in [0.15, 0.2) is 42.5 Å². The summed E-state index contributed by atoms with van der Waals surface area (Å²) in [5.41, 5.74) is 4.65. The molecule has 1 aromatic rings. The van der Waals surface area contributed by atoms with Gasteiger partial charge in [0.1, 0.15) is 6.07 Å². The van der Waals surface area contributed by atoms with E-state index in [1.807, 2.05) is 6.07 Å². The van der Waals surface area contributed by atoms with Gasteiger partial charge in [-0.2, -0.15) is 5.26 Å². The van der Waals surface area contributed by atoms with Gasteiger partial charge in [-0.05, 0) is 77.1 Å². The molecule has 0 bridgehead atoms. The Kier molecular flexibility index (Phi) is 18.2. The first-order chi connectivity index (χ1) is 17.6. The summed E-state index contributed by atoms with van der Waals surface area (Å²) in [7, 11) is 0. The van der Waals surface area contributed by atoms with Crippen LogP contribution in [0.2, 0.25) is 0 Å². The summed E-state index contributed by atoms with van der Waals surface area (Å²) in [4.78, 5) is 11.5. The number of hydrogen-bond donors (Lipinski definition) is 4. The molecular weight excluding hydrogens is 450 g/mol. The third-order valence-corrected chi connectivity index (χ3v) is 5.18. The minimum Gasteiger partial charge on any atom is -0.438 e. The van der Waals surface area contributed by atoms with Crippen LogP contribution in [0.25, 0.3) is 0 Å². The van der Waals surface area contributed by atoms with Crippen molar-refractivity contribution in [2.75, 3.05) is 45.8 Å².